The molecule has 2 aromatic carbocycles. The van der Waals surface area contributed by atoms with Crippen LogP contribution in [-0.4, -0.2) is 0 Å². The zero-order valence-electron chi connectivity index (χ0n) is 9.03. The van der Waals surface area contributed by atoms with Crippen LogP contribution in [-0.2, 0) is 6.42 Å². The van der Waals surface area contributed by atoms with Gasteiger partial charge in [-0.05, 0) is 46.7 Å². The highest BCUT2D eigenvalue weighted by molar-refractivity contribution is 5.96. The second-order valence-electron chi connectivity index (χ2n) is 4.68. The lowest BCUT2D eigenvalue weighted by atomic mass is 9.76. The Balaban J connectivity index is 2.21. The highest BCUT2D eigenvalue weighted by atomic mass is 14.3. The van der Waals surface area contributed by atoms with Gasteiger partial charge in [-0.3, -0.25) is 0 Å². The zero-order valence-corrected chi connectivity index (χ0v) is 9.03. The number of hydrogen-bond donors (Lipinski definition) is 0. The van der Waals surface area contributed by atoms with Gasteiger partial charge in [-0.25, -0.2) is 0 Å². The van der Waals surface area contributed by atoms with Crippen LogP contribution in [0.15, 0.2) is 36.4 Å². The molecule has 16 heavy (non-hydrogen) atoms. The molecular weight excluding hydrogens is 192 g/mol. The molecule has 76 valence electrons. The smallest absolute Gasteiger partial charge is 0.00362 e. The van der Waals surface area contributed by atoms with E-state index >= 15 is 0 Å². The van der Waals surface area contributed by atoms with Crippen molar-refractivity contribution in [2.45, 2.75) is 18.8 Å². The predicted molar refractivity (Wildman–Crippen MR) is 67.3 cm³/mol. The summed E-state index contributed by atoms with van der Waals surface area (Å²) in [6, 6.07) is 11.1. The fourth-order valence-corrected chi connectivity index (χ4v) is 3.04. The van der Waals surface area contributed by atoms with E-state index in [-0.39, 0.29) is 0 Å². The first-order valence-electron chi connectivity index (χ1n) is 5.87. The van der Waals surface area contributed by atoms with E-state index in [9.17, 15) is 0 Å². The van der Waals surface area contributed by atoms with Gasteiger partial charge in [0.2, 0.25) is 0 Å². The monoisotopic (exact) mass is 204 g/mol. The quantitative estimate of drug-likeness (QED) is 0.609. The molecule has 1 unspecified atom stereocenters. The average molecular weight is 204 g/mol. The minimum Gasteiger partial charge on any atom is -0.0763 e. The second kappa shape index (κ2) is 2.98. The number of benzene rings is 2. The van der Waals surface area contributed by atoms with Gasteiger partial charge in [-0.1, -0.05) is 42.5 Å². The van der Waals surface area contributed by atoms with E-state index in [1.165, 1.54) is 21.9 Å². The van der Waals surface area contributed by atoms with Gasteiger partial charge < -0.3 is 0 Å². The lowest BCUT2D eigenvalue weighted by Crippen LogP contribution is -2.11. The predicted octanol–water partition coefficient (Wildman–Crippen LogP) is 3.98. The van der Waals surface area contributed by atoms with Crippen LogP contribution in [0.1, 0.15) is 29.0 Å². The van der Waals surface area contributed by atoms with E-state index in [0.717, 1.165) is 12.8 Å². The molecule has 0 nitrogen and oxygen atoms in total. The molecule has 2 aromatic rings. The largest absolute Gasteiger partial charge is 0.0763 e. The Morgan fingerprint density at radius 2 is 2.12 bits per heavy atom. The van der Waals surface area contributed by atoms with Crippen molar-refractivity contribution in [2.24, 2.45) is 0 Å². The van der Waals surface area contributed by atoms with Crippen molar-refractivity contribution in [1.82, 2.24) is 0 Å². The SMILES string of the molecule is [C]1Cc2ccc3cccc4c3c2C(C=C4)C1. The Kier molecular flexibility index (Phi) is 1.59. The van der Waals surface area contributed by atoms with Crippen molar-refractivity contribution in [1.29, 1.82) is 0 Å². The van der Waals surface area contributed by atoms with Gasteiger partial charge in [0.1, 0.15) is 0 Å². The molecule has 0 aliphatic heterocycles. The third kappa shape index (κ3) is 0.996. The number of rotatable bonds is 0. The Morgan fingerprint density at radius 3 is 3.12 bits per heavy atom. The molecule has 0 heteroatoms. The molecular formula is C16H12. The maximum atomic E-state index is 3.48. The van der Waals surface area contributed by atoms with Crippen LogP contribution < -0.4 is 0 Å². The second-order valence-corrected chi connectivity index (χ2v) is 4.68. The van der Waals surface area contributed by atoms with Crippen LogP contribution in [0, 0.1) is 6.42 Å². The summed E-state index contributed by atoms with van der Waals surface area (Å²) < 4.78 is 0. The van der Waals surface area contributed by atoms with E-state index in [2.05, 4.69) is 48.9 Å². The van der Waals surface area contributed by atoms with Gasteiger partial charge in [0.15, 0.2) is 0 Å². The summed E-state index contributed by atoms with van der Waals surface area (Å²) in [5.41, 5.74) is 4.42. The Morgan fingerprint density at radius 1 is 1.12 bits per heavy atom. The minimum absolute atomic E-state index is 0.572. The van der Waals surface area contributed by atoms with Crippen molar-refractivity contribution in [3.63, 3.8) is 0 Å². The lowest BCUT2D eigenvalue weighted by Gasteiger charge is -2.28. The van der Waals surface area contributed by atoms with Crippen LogP contribution in [0.3, 0.4) is 0 Å². The maximum absolute atomic E-state index is 3.48. The van der Waals surface area contributed by atoms with Crippen molar-refractivity contribution in [2.75, 3.05) is 0 Å². The Labute approximate surface area is 95.6 Å². The Hall–Kier alpha value is -1.56. The molecule has 0 saturated heterocycles. The fraction of sp³-hybridized carbons (Fsp3) is 0.188. The van der Waals surface area contributed by atoms with Crippen molar-refractivity contribution < 1.29 is 0 Å². The number of allylic oxidation sites excluding steroid dienone is 1. The van der Waals surface area contributed by atoms with Crippen LogP contribution in [0.4, 0.5) is 0 Å². The summed E-state index contributed by atoms with van der Waals surface area (Å²) in [7, 11) is 0. The molecule has 0 N–H and O–H groups in total. The standard InChI is InChI=1S/C16H12/c1-3-11-7-9-13-5-2-6-14-10-8-12(4-1)15(11)16(13)14/h1,3-4,7-10,13H,5-6H2. The van der Waals surface area contributed by atoms with Gasteiger partial charge in [-0.2, -0.15) is 0 Å². The van der Waals surface area contributed by atoms with Gasteiger partial charge in [0.25, 0.3) is 0 Å². The van der Waals surface area contributed by atoms with Crippen LogP contribution in [0.5, 0.6) is 0 Å². The van der Waals surface area contributed by atoms with Crippen LogP contribution >= 0.6 is 0 Å². The molecule has 4 rings (SSSR count). The molecule has 2 radical (unpaired) electrons. The van der Waals surface area contributed by atoms with Crippen molar-refractivity contribution >= 4 is 16.8 Å². The molecule has 0 bridgehead atoms. The normalized spacial score (nSPS) is 21.4. The molecule has 2 aliphatic rings. The third-order valence-electron chi connectivity index (χ3n) is 3.77. The van der Waals surface area contributed by atoms with Crippen LogP contribution in [0.2, 0.25) is 0 Å². The third-order valence-corrected chi connectivity index (χ3v) is 3.77. The maximum Gasteiger partial charge on any atom is 0.00362 e. The average Bonchev–Trinajstić information content (AvgIpc) is 2.36. The van der Waals surface area contributed by atoms with Gasteiger partial charge in [0.05, 0.1) is 0 Å². The van der Waals surface area contributed by atoms with E-state index in [4.69, 9.17) is 0 Å². The summed E-state index contributed by atoms with van der Waals surface area (Å²) in [6.07, 6.45) is 10.2. The molecule has 1 atom stereocenters. The molecule has 0 amide bonds. The van der Waals surface area contributed by atoms with Crippen molar-refractivity contribution in [3.05, 3.63) is 59.5 Å². The highest BCUT2D eigenvalue weighted by Crippen LogP contribution is 2.42. The van der Waals surface area contributed by atoms with E-state index in [0.29, 0.717) is 5.92 Å². The molecule has 0 saturated carbocycles. The van der Waals surface area contributed by atoms with Gasteiger partial charge in [0, 0.05) is 5.92 Å². The summed E-state index contributed by atoms with van der Waals surface area (Å²) in [4.78, 5) is 0. The molecule has 0 fully saturated rings. The minimum atomic E-state index is 0.572. The summed E-state index contributed by atoms with van der Waals surface area (Å²) in [5, 5.41) is 2.86. The van der Waals surface area contributed by atoms with Gasteiger partial charge in [-0.15, -0.1) is 0 Å². The van der Waals surface area contributed by atoms with Crippen LogP contribution in [0.25, 0.3) is 16.8 Å². The lowest BCUT2D eigenvalue weighted by molar-refractivity contribution is 0.752. The molecule has 2 aliphatic carbocycles. The first kappa shape index (κ1) is 8.58. The highest BCUT2D eigenvalue weighted by Gasteiger charge is 2.24. The first-order chi connectivity index (χ1) is 7.93. The molecule has 0 spiro atoms. The fourth-order valence-electron chi connectivity index (χ4n) is 3.04. The molecule has 0 heterocycles. The van der Waals surface area contributed by atoms with E-state index < -0.39 is 0 Å². The molecule has 0 aromatic heterocycles. The topological polar surface area (TPSA) is 0 Å². The van der Waals surface area contributed by atoms with E-state index in [1.807, 2.05) is 0 Å². The summed E-state index contributed by atoms with van der Waals surface area (Å²) in [5.74, 6) is 0.572. The van der Waals surface area contributed by atoms with Gasteiger partial charge >= 0.3 is 0 Å². The Bertz CT molecular complexity index is 605. The van der Waals surface area contributed by atoms with Crippen molar-refractivity contribution in [3.8, 4) is 0 Å². The number of hydrogen-bond acceptors (Lipinski definition) is 0. The summed E-state index contributed by atoms with van der Waals surface area (Å²) in [6.45, 7) is 0. The summed E-state index contributed by atoms with van der Waals surface area (Å²) >= 11 is 0. The first-order valence-corrected chi connectivity index (χ1v) is 5.87. The van der Waals surface area contributed by atoms with E-state index in [1.54, 1.807) is 5.56 Å². The zero-order chi connectivity index (χ0) is 10.5.